The van der Waals surface area contributed by atoms with Gasteiger partial charge in [0.1, 0.15) is 5.75 Å². The Labute approximate surface area is 103 Å². The maximum Gasteiger partial charge on any atom is 0.251 e. The van der Waals surface area contributed by atoms with Crippen LogP contribution >= 0.6 is 0 Å². The highest BCUT2D eigenvalue weighted by Gasteiger charge is 2.12. The Morgan fingerprint density at radius 2 is 1.94 bits per heavy atom. The Morgan fingerprint density at radius 1 is 1.29 bits per heavy atom. The lowest BCUT2D eigenvalue weighted by Crippen LogP contribution is -2.30. The fourth-order valence-corrected chi connectivity index (χ4v) is 1.69. The van der Waals surface area contributed by atoms with E-state index in [1.807, 2.05) is 46.8 Å². The van der Waals surface area contributed by atoms with E-state index in [0.29, 0.717) is 6.61 Å². The normalized spacial score (nSPS) is 10.5. The second-order valence-electron chi connectivity index (χ2n) is 4.49. The average Bonchev–Trinajstić information content (AvgIpc) is 2.22. The lowest BCUT2D eigenvalue weighted by Gasteiger charge is -2.14. The summed E-state index contributed by atoms with van der Waals surface area (Å²) in [6.45, 7) is 10.4. The van der Waals surface area contributed by atoms with Crippen LogP contribution in [0.2, 0.25) is 0 Å². The molecule has 0 aromatic heterocycles. The summed E-state index contributed by atoms with van der Waals surface area (Å²) in [5.74, 6) is 0.828. The van der Waals surface area contributed by atoms with Gasteiger partial charge in [0.25, 0.3) is 5.91 Å². The number of rotatable bonds is 4. The summed E-state index contributed by atoms with van der Waals surface area (Å²) in [6, 6.07) is 3.96. The van der Waals surface area contributed by atoms with Gasteiger partial charge in [-0.25, -0.2) is 0 Å². The van der Waals surface area contributed by atoms with Crippen LogP contribution in [0.4, 0.5) is 0 Å². The van der Waals surface area contributed by atoms with Crippen molar-refractivity contribution in [3.63, 3.8) is 0 Å². The Bertz CT molecular complexity index is 411. The number of benzene rings is 1. The highest BCUT2D eigenvalue weighted by molar-refractivity contribution is 5.96. The molecule has 0 radical (unpaired) electrons. The maximum atomic E-state index is 11.9. The van der Waals surface area contributed by atoms with Gasteiger partial charge in [0.15, 0.2) is 0 Å². The van der Waals surface area contributed by atoms with E-state index in [1.165, 1.54) is 0 Å². The molecule has 1 rings (SSSR count). The van der Waals surface area contributed by atoms with Gasteiger partial charge in [-0.1, -0.05) is 0 Å². The molecular formula is C14H21NO2. The highest BCUT2D eigenvalue weighted by atomic mass is 16.5. The molecule has 0 aliphatic carbocycles. The highest BCUT2D eigenvalue weighted by Crippen LogP contribution is 2.22. The van der Waals surface area contributed by atoms with Crippen molar-refractivity contribution in [2.75, 3.05) is 6.61 Å². The van der Waals surface area contributed by atoms with Crippen LogP contribution < -0.4 is 10.1 Å². The molecule has 0 heterocycles. The first-order valence-electron chi connectivity index (χ1n) is 6.00. The molecule has 0 atom stereocenters. The third-order valence-corrected chi connectivity index (χ3v) is 2.49. The van der Waals surface area contributed by atoms with E-state index in [1.54, 1.807) is 0 Å². The van der Waals surface area contributed by atoms with Crippen molar-refractivity contribution in [1.29, 1.82) is 0 Å². The molecule has 0 unspecified atom stereocenters. The van der Waals surface area contributed by atoms with E-state index in [0.717, 1.165) is 22.4 Å². The molecule has 0 aliphatic heterocycles. The average molecular weight is 235 g/mol. The minimum absolute atomic E-state index is 0.0244. The van der Waals surface area contributed by atoms with Crippen LogP contribution in [0.25, 0.3) is 0 Å². The van der Waals surface area contributed by atoms with E-state index in [9.17, 15) is 4.79 Å². The molecule has 0 aliphatic rings. The van der Waals surface area contributed by atoms with Gasteiger partial charge >= 0.3 is 0 Å². The molecule has 1 amide bonds. The predicted molar refractivity (Wildman–Crippen MR) is 69.7 cm³/mol. The molecule has 1 N–H and O–H groups in total. The van der Waals surface area contributed by atoms with Gasteiger partial charge in [0.05, 0.1) is 6.61 Å². The maximum absolute atomic E-state index is 11.9. The van der Waals surface area contributed by atoms with Crippen LogP contribution in [-0.2, 0) is 0 Å². The van der Waals surface area contributed by atoms with Crippen LogP contribution in [-0.4, -0.2) is 18.6 Å². The van der Waals surface area contributed by atoms with Crippen LogP contribution in [0.1, 0.15) is 42.3 Å². The second-order valence-corrected chi connectivity index (χ2v) is 4.49. The lowest BCUT2D eigenvalue weighted by molar-refractivity contribution is 0.0942. The van der Waals surface area contributed by atoms with Crippen molar-refractivity contribution < 1.29 is 9.53 Å². The van der Waals surface area contributed by atoms with Crippen molar-refractivity contribution >= 4 is 5.91 Å². The van der Waals surface area contributed by atoms with Crippen LogP contribution in [0.15, 0.2) is 12.1 Å². The molecular weight excluding hydrogens is 214 g/mol. The first-order valence-corrected chi connectivity index (χ1v) is 6.00. The predicted octanol–water partition coefficient (Wildman–Crippen LogP) is 2.84. The molecule has 94 valence electrons. The molecule has 3 nitrogen and oxygen atoms in total. The standard InChI is InChI=1S/C14H21NO2/c1-6-17-13-8-10(4)12(7-11(13)5)14(16)15-9(2)3/h7-9H,6H2,1-5H3,(H,15,16). The molecule has 0 bridgehead atoms. The summed E-state index contributed by atoms with van der Waals surface area (Å²) in [5.41, 5.74) is 2.66. The van der Waals surface area contributed by atoms with Crippen molar-refractivity contribution in [2.45, 2.75) is 40.7 Å². The monoisotopic (exact) mass is 235 g/mol. The second kappa shape index (κ2) is 5.71. The van der Waals surface area contributed by atoms with Crippen LogP contribution in [0.3, 0.4) is 0 Å². The minimum Gasteiger partial charge on any atom is -0.494 e. The van der Waals surface area contributed by atoms with E-state index in [4.69, 9.17) is 4.74 Å². The molecule has 0 saturated heterocycles. The quantitative estimate of drug-likeness (QED) is 0.871. The number of carbonyl (C=O) groups is 1. The SMILES string of the molecule is CCOc1cc(C)c(C(=O)NC(C)C)cc1C. The van der Waals surface area contributed by atoms with E-state index in [-0.39, 0.29) is 11.9 Å². The largest absolute Gasteiger partial charge is 0.494 e. The minimum atomic E-state index is -0.0244. The number of ether oxygens (including phenoxy) is 1. The summed E-state index contributed by atoms with van der Waals surface area (Å²) < 4.78 is 5.50. The van der Waals surface area contributed by atoms with Gasteiger partial charge in [-0.05, 0) is 57.9 Å². The van der Waals surface area contributed by atoms with Crippen molar-refractivity contribution in [3.8, 4) is 5.75 Å². The Morgan fingerprint density at radius 3 is 2.47 bits per heavy atom. The molecule has 3 heteroatoms. The zero-order chi connectivity index (χ0) is 13.0. The number of amides is 1. The first-order chi connectivity index (χ1) is 7.95. The van der Waals surface area contributed by atoms with E-state index in [2.05, 4.69) is 5.32 Å². The number of nitrogens with one attached hydrogen (secondary N) is 1. The number of hydrogen-bond acceptors (Lipinski definition) is 2. The zero-order valence-corrected chi connectivity index (χ0v) is 11.3. The molecule has 1 aromatic carbocycles. The Balaban J connectivity index is 3.02. The fraction of sp³-hybridized carbons (Fsp3) is 0.500. The number of aryl methyl sites for hydroxylation is 2. The van der Waals surface area contributed by atoms with Gasteiger partial charge in [-0.15, -0.1) is 0 Å². The van der Waals surface area contributed by atoms with Gasteiger partial charge in [-0.3, -0.25) is 4.79 Å². The Kier molecular flexibility index (Phi) is 4.55. The summed E-state index contributed by atoms with van der Waals surface area (Å²) in [7, 11) is 0. The van der Waals surface area contributed by atoms with Gasteiger partial charge in [-0.2, -0.15) is 0 Å². The third-order valence-electron chi connectivity index (χ3n) is 2.49. The summed E-state index contributed by atoms with van der Waals surface area (Å²) in [4.78, 5) is 11.9. The van der Waals surface area contributed by atoms with Gasteiger partial charge in [0, 0.05) is 11.6 Å². The van der Waals surface area contributed by atoms with E-state index >= 15 is 0 Å². The van der Waals surface area contributed by atoms with Crippen LogP contribution in [0, 0.1) is 13.8 Å². The zero-order valence-electron chi connectivity index (χ0n) is 11.3. The first kappa shape index (κ1) is 13.6. The molecule has 17 heavy (non-hydrogen) atoms. The Hall–Kier alpha value is -1.51. The van der Waals surface area contributed by atoms with Crippen molar-refractivity contribution in [2.24, 2.45) is 0 Å². The van der Waals surface area contributed by atoms with Crippen molar-refractivity contribution in [3.05, 3.63) is 28.8 Å². The summed E-state index contributed by atoms with van der Waals surface area (Å²) in [5, 5.41) is 2.90. The van der Waals surface area contributed by atoms with Crippen molar-refractivity contribution in [1.82, 2.24) is 5.32 Å². The van der Waals surface area contributed by atoms with Gasteiger partial charge < -0.3 is 10.1 Å². The van der Waals surface area contributed by atoms with Crippen LogP contribution in [0.5, 0.6) is 5.75 Å². The smallest absolute Gasteiger partial charge is 0.251 e. The third kappa shape index (κ3) is 3.48. The lowest BCUT2D eigenvalue weighted by atomic mass is 10.0. The van der Waals surface area contributed by atoms with E-state index < -0.39 is 0 Å². The molecule has 1 aromatic rings. The summed E-state index contributed by atoms with van der Waals surface area (Å²) >= 11 is 0. The topological polar surface area (TPSA) is 38.3 Å². The number of carbonyl (C=O) groups excluding carboxylic acids is 1. The van der Waals surface area contributed by atoms with Gasteiger partial charge in [0.2, 0.25) is 0 Å². The molecule has 0 saturated carbocycles. The number of hydrogen-bond donors (Lipinski definition) is 1. The summed E-state index contributed by atoms with van der Waals surface area (Å²) in [6.07, 6.45) is 0. The molecule has 0 spiro atoms. The molecule has 0 fully saturated rings. The fourth-order valence-electron chi connectivity index (χ4n) is 1.69.